The number of rotatable bonds is 7. The van der Waals surface area contributed by atoms with Gasteiger partial charge in [0.1, 0.15) is 0 Å². The molecule has 0 atom stereocenters. The van der Waals surface area contributed by atoms with Crippen molar-refractivity contribution in [3.63, 3.8) is 0 Å². The predicted octanol–water partition coefficient (Wildman–Crippen LogP) is 16.5. The van der Waals surface area contributed by atoms with Crippen molar-refractivity contribution in [1.29, 1.82) is 0 Å². The predicted molar refractivity (Wildman–Crippen MR) is 309 cm³/mol. The summed E-state index contributed by atoms with van der Waals surface area (Å²) in [5.41, 5.74) is 18.6. The van der Waals surface area contributed by atoms with Crippen LogP contribution in [0, 0.1) is 0 Å². The highest BCUT2D eigenvalue weighted by Gasteiger charge is 2.49. The molecule has 0 fully saturated rings. The van der Waals surface area contributed by atoms with E-state index >= 15 is 0 Å². The Morgan fingerprint density at radius 1 is 0.263 bits per heavy atom. The second-order valence-corrected chi connectivity index (χ2v) is 20.1. The summed E-state index contributed by atoms with van der Waals surface area (Å²) in [6.45, 7) is 0. The van der Waals surface area contributed by atoms with Crippen LogP contribution in [0.4, 0.5) is 0 Å². The molecule has 76 heavy (non-hydrogen) atoms. The van der Waals surface area contributed by atoms with Gasteiger partial charge in [-0.15, -0.1) is 0 Å². The van der Waals surface area contributed by atoms with E-state index in [2.05, 4.69) is 276 Å². The molecular formula is C71H45N5. The van der Waals surface area contributed by atoms with E-state index < -0.39 is 10.8 Å². The molecule has 0 N–H and O–H groups in total. The molecule has 0 unspecified atom stereocenters. The van der Waals surface area contributed by atoms with E-state index in [1.54, 1.807) is 0 Å². The van der Waals surface area contributed by atoms with Crippen LogP contribution in [0.15, 0.2) is 273 Å². The Labute approximate surface area is 439 Å². The first-order valence-corrected chi connectivity index (χ1v) is 26.1. The first-order chi connectivity index (χ1) is 37.7. The molecule has 5 nitrogen and oxygen atoms in total. The number of aromatic nitrogens is 5. The molecule has 0 amide bonds. The first-order valence-electron chi connectivity index (χ1n) is 26.1. The zero-order valence-corrected chi connectivity index (χ0v) is 41.2. The average Bonchev–Trinajstić information content (AvgIpc) is 4.40. The fraction of sp³-hybridized carbons (Fsp3) is 0.0282. The van der Waals surface area contributed by atoms with Gasteiger partial charge in [-0.2, -0.15) is 15.0 Å². The molecule has 0 bridgehead atoms. The Morgan fingerprint density at radius 3 is 1.01 bits per heavy atom. The minimum absolute atomic E-state index is 0.540. The van der Waals surface area contributed by atoms with Gasteiger partial charge in [-0.25, -0.2) is 0 Å². The third-order valence-corrected chi connectivity index (χ3v) is 16.5. The molecular weight excluding hydrogens is 923 g/mol. The molecule has 0 saturated carbocycles. The van der Waals surface area contributed by atoms with Gasteiger partial charge in [0, 0.05) is 27.1 Å². The van der Waals surface area contributed by atoms with Crippen molar-refractivity contribution in [1.82, 2.24) is 24.1 Å². The third-order valence-electron chi connectivity index (χ3n) is 16.5. The molecule has 5 heteroatoms. The van der Waals surface area contributed by atoms with E-state index in [0.29, 0.717) is 17.7 Å². The minimum Gasteiger partial charge on any atom is -0.278 e. The number of benzene rings is 11. The highest BCUT2D eigenvalue weighted by atomic mass is 15.3. The molecule has 3 heterocycles. The maximum Gasteiger partial charge on any atom is 0.240 e. The molecule has 0 aliphatic heterocycles. The summed E-state index contributed by atoms with van der Waals surface area (Å²) in [5, 5.41) is 4.61. The lowest BCUT2D eigenvalue weighted by atomic mass is 9.67. The first kappa shape index (κ1) is 42.5. The Morgan fingerprint density at radius 2 is 0.605 bits per heavy atom. The van der Waals surface area contributed by atoms with E-state index in [4.69, 9.17) is 15.0 Å². The summed E-state index contributed by atoms with van der Waals surface area (Å²) in [6.07, 6.45) is 0. The molecule has 0 radical (unpaired) electrons. The smallest absolute Gasteiger partial charge is 0.240 e. The van der Waals surface area contributed by atoms with Crippen LogP contribution in [0.1, 0.15) is 44.5 Å². The van der Waals surface area contributed by atoms with Crippen molar-refractivity contribution < 1.29 is 0 Å². The van der Waals surface area contributed by atoms with Crippen LogP contribution in [0.25, 0.3) is 89.2 Å². The second kappa shape index (κ2) is 16.3. The van der Waals surface area contributed by atoms with Gasteiger partial charge in [0.05, 0.1) is 32.9 Å². The summed E-state index contributed by atoms with van der Waals surface area (Å²) in [6, 6.07) is 99.3. The van der Waals surface area contributed by atoms with Gasteiger partial charge in [-0.3, -0.25) is 9.13 Å². The van der Waals surface area contributed by atoms with E-state index in [1.807, 2.05) is 6.07 Å². The van der Waals surface area contributed by atoms with Gasteiger partial charge in [-0.1, -0.05) is 249 Å². The maximum atomic E-state index is 5.72. The van der Waals surface area contributed by atoms with Crippen molar-refractivity contribution in [2.75, 3.05) is 0 Å². The molecule has 16 rings (SSSR count). The minimum atomic E-state index is -0.625. The van der Waals surface area contributed by atoms with Crippen LogP contribution in [-0.4, -0.2) is 24.1 Å². The number of fused-ring (bicyclic) bond motifs is 14. The van der Waals surface area contributed by atoms with Crippen LogP contribution in [-0.2, 0) is 10.8 Å². The zero-order valence-electron chi connectivity index (χ0n) is 41.2. The lowest BCUT2D eigenvalue weighted by Gasteiger charge is -2.34. The number of hydrogen-bond acceptors (Lipinski definition) is 3. The Balaban J connectivity index is 1.02. The van der Waals surface area contributed by atoms with Gasteiger partial charge >= 0.3 is 0 Å². The van der Waals surface area contributed by atoms with Gasteiger partial charge in [0.2, 0.25) is 11.9 Å². The number of para-hydroxylation sites is 2. The largest absolute Gasteiger partial charge is 0.278 e. The van der Waals surface area contributed by atoms with Gasteiger partial charge in [-0.05, 0) is 91.0 Å². The van der Waals surface area contributed by atoms with Crippen LogP contribution in [0.5, 0.6) is 0 Å². The summed E-state index contributed by atoms with van der Waals surface area (Å²) in [5.74, 6) is 1.67. The van der Waals surface area contributed by atoms with Gasteiger partial charge < -0.3 is 0 Å². The fourth-order valence-corrected chi connectivity index (χ4v) is 13.7. The second-order valence-electron chi connectivity index (χ2n) is 20.1. The van der Waals surface area contributed by atoms with E-state index in [0.717, 1.165) is 38.4 Å². The SMILES string of the molecule is c1ccc(-c2nc(-n3c4ccccc4c4c5c(ccc43)-c3ccccc3C5(c3ccccc3)c3ccccc3)nc(-n3c4ccccc4c4c5c(ccc43)-c3ccccc3C5(c3ccccc3)c3ccccc3)n2)cc1. The lowest BCUT2D eigenvalue weighted by molar-refractivity contribution is 0.775. The van der Waals surface area contributed by atoms with Crippen LogP contribution < -0.4 is 0 Å². The van der Waals surface area contributed by atoms with Gasteiger partial charge in [0.15, 0.2) is 5.82 Å². The Bertz CT molecular complexity index is 4260. The number of hydrogen-bond donors (Lipinski definition) is 0. The van der Waals surface area contributed by atoms with Crippen molar-refractivity contribution in [2.24, 2.45) is 0 Å². The van der Waals surface area contributed by atoms with E-state index in [1.165, 1.54) is 77.5 Å². The van der Waals surface area contributed by atoms with Crippen LogP contribution >= 0.6 is 0 Å². The Hall–Kier alpha value is -9.97. The molecule has 354 valence electrons. The lowest BCUT2D eigenvalue weighted by Crippen LogP contribution is -2.28. The standard InChI is InChI=1S/C71H45N5/c1-6-24-46(25-7-1)67-72-68(75-59-40-22-18-36-55(59)63-61(75)44-42-53-51-34-16-20-38-57(51)70(65(53)63,47-26-8-2-9-27-47)48-28-10-3-11-29-48)74-69(73-67)76-60-41-23-19-37-56(60)64-62(76)45-43-54-52-35-17-21-39-58(52)71(66(54)64,49-30-12-4-13-31-49)50-32-14-5-15-33-50/h1-45H. The summed E-state index contributed by atoms with van der Waals surface area (Å²) >= 11 is 0. The number of nitrogens with zero attached hydrogens (tertiary/aromatic N) is 5. The average molecular weight is 968 g/mol. The monoisotopic (exact) mass is 967 g/mol. The highest BCUT2D eigenvalue weighted by molar-refractivity contribution is 6.16. The van der Waals surface area contributed by atoms with E-state index in [9.17, 15) is 0 Å². The molecule has 11 aromatic carbocycles. The van der Waals surface area contributed by atoms with Crippen molar-refractivity contribution in [3.8, 4) is 45.5 Å². The molecule has 0 saturated heterocycles. The molecule has 0 spiro atoms. The molecule has 2 aliphatic rings. The molecule has 2 aliphatic carbocycles. The topological polar surface area (TPSA) is 48.5 Å². The van der Waals surface area contributed by atoms with Crippen LogP contribution in [0.2, 0.25) is 0 Å². The summed E-state index contributed by atoms with van der Waals surface area (Å²) < 4.78 is 4.56. The van der Waals surface area contributed by atoms with E-state index in [-0.39, 0.29) is 0 Å². The summed E-state index contributed by atoms with van der Waals surface area (Å²) in [4.78, 5) is 16.8. The summed E-state index contributed by atoms with van der Waals surface area (Å²) in [7, 11) is 0. The highest BCUT2D eigenvalue weighted by Crippen LogP contribution is 2.61. The normalized spacial score (nSPS) is 13.7. The zero-order chi connectivity index (χ0) is 50.0. The van der Waals surface area contributed by atoms with Crippen molar-refractivity contribution in [3.05, 3.63) is 317 Å². The fourth-order valence-electron chi connectivity index (χ4n) is 13.7. The molecule has 3 aromatic heterocycles. The Kier molecular flexibility index (Phi) is 9.10. The van der Waals surface area contributed by atoms with Gasteiger partial charge in [0.25, 0.3) is 0 Å². The molecule has 14 aromatic rings. The third kappa shape index (κ3) is 5.66. The van der Waals surface area contributed by atoms with Crippen molar-refractivity contribution >= 4 is 43.6 Å². The van der Waals surface area contributed by atoms with Crippen molar-refractivity contribution in [2.45, 2.75) is 10.8 Å². The quantitative estimate of drug-likeness (QED) is 0.160. The maximum absolute atomic E-state index is 5.72. The van der Waals surface area contributed by atoms with Crippen LogP contribution in [0.3, 0.4) is 0 Å².